The molecule has 0 aliphatic rings. The van der Waals surface area contributed by atoms with Gasteiger partial charge in [0.2, 0.25) is 15.9 Å². The SMILES string of the molecule is CC(C)Oc1ccc(NS(=O)(=O)CC(=O)N(C)C(C)c2cccc(Cl)c2)cc1. The number of hydrogen-bond acceptors (Lipinski definition) is 4. The first kappa shape index (κ1) is 22.0. The van der Waals surface area contributed by atoms with Crippen LogP contribution in [0.25, 0.3) is 0 Å². The Morgan fingerprint density at radius 3 is 2.36 bits per heavy atom. The molecule has 1 unspecified atom stereocenters. The molecule has 1 amide bonds. The number of rotatable bonds is 8. The van der Waals surface area contributed by atoms with Crippen molar-refractivity contribution in [2.75, 3.05) is 17.5 Å². The van der Waals surface area contributed by atoms with E-state index in [0.29, 0.717) is 16.5 Å². The molecular formula is C20H25ClN2O4S. The van der Waals surface area contributed by atoms with Crippen LogP contribution in [0.5, 0.6) is 5.75 Å². The van der Waals surface area contributed by atoms with E-state index in [1.807, 2.05) is 26.8 Å². The number of ether oxygens (including phenoxy) is 1. The molecule has 1 atom stereocenters. The molecule has 0 saturated carbocycles. The van der Waals surface area contributed by atoms with Gasteiger partial charge in [-0.15, -0.1) is 0 Å². The maximum Gasteiger partial charge on any atom is 0.241 e. The van der Waals surface area contributed by atoms with Crippen LogP contribution >= 0.6 is 11.6 Å². The van der Waals surface area contributed by atoms with E-state index < -0.39 is 21.7 Å². The molecule has 6 nitrogen and oxygen atoms in total. The summed E-state index contributed by atoms with van der Waals surface area (Å²) >= 11 is 5.99. The van der Waals surface area contributed by atoms with Gasteiger partial charge in [0.15, 0.2) is 0 Å². The highest BCUT2D eigenvalue weighted by Gasteiger charge is 2.23. The van der Waals surface area contributed by atoms with Crippen LogP contribution in [0.15, 0.2) is 48.5 Å². The van der Waals surface area contributed by atoms with Crippen molar-refractivity contribution in [3.63, 3.8) is 0 Å². The highest BCUT2D eigenvalue weighted by molar-refractivity contribution is 7.93. The Balaban J connectivity index is 2.01. The van der Waals surface area contributed by atoms with E-state index in [9.17, 15) is 13.2 Å². The average molecular weight is 425 g/mol. The van der Waals surface area contributed by atoms with E-state index in [4.69, 9.17) is 16.3 Å². The van der Waals surface area contributed by atoms with Crippen LogP contribution in [-0.2, 0) is 14.8 Å². The number of halogens is 1. The molecule has 0 aliphatic carbocycles. The molecule has 0 aliphatic heterocycles. The van der Waals surface area contributed by atoms with Gasteiger partial charge in [0, 0.05) is 17.8 Å². The normalized spacial score (nSPS) is 12.5. The fraction of sp³-hybridized carbons (Fsp3) is 0.350. The van der Waals surface area contributed by atoms with Gasteiger partial charge in [-0.2, -0.15) is 0 Å². The Bertz CT molecular complexity index is 914. The molecule has 152 valence electrons. The molecule has 0 aromatic heterocycles. The average Bonchev–Trinajstić information content (AvgIpc) is 2.61. The number of sulfonamides is 1. The zero-order valence-electron chi connectivity index (χ0n) is 16.3. The molecule has 2 aromatic carbocycles. The molecule has 2 aromatic rings. The second-order valence-electron chi connectivity index (χ2n) is 6.79. The summed E-state index contributed by atoms with van der Waals surface area (Å²) in [5.41, 5.74) is 1.20. The smallest absolute Gasteiger partial charge is 0.241 e. The van der Waals surface area contributed by atoms with Gasteiger partial charge in [0.05, 0.1) is 12.1 Å². The number of carbonyl (C=O) groups is 1. The van der Waals surface area contributed by atoms with Crippen molar-refractivity contribution in [1.29, 1.82) is 0 Å². The summed E-state index contributed by atoms with van der Waals surface area (Å²) in [5, 5.41) is 0.560. The second kappa shape index (κ2) is 9.30. The zero-order chi connectivity index (χ0) is 20.9. The van der Waals surface area contributed by atoms with Crippen molar-refractivity contribution in [1.82, 2.24) is 4.90 Å². The van der Waals surface area contributed by atoms with Crippen molar-refractivity contribution in [2.24, 2.45) is 0 Å². The van der Waals surface area contributed by atoms with Crippen LogP contribution < -0.4 is 9.46 Å². The van der Waals surface area contributed by atoms with E-state index in [1.165, 1.54) is 4.90 Å². The molecule has 0 radical (unpaired) electrons. The quantitative estimate of drug-likeness (QED) is 0.692. The van der Waals surface area contributed by atoms with Crippen LogP contribution in [0.4, 0.5) is 5.69 Å². The van der Waals surface area contributed by atoms with Crippen molar-refractivity contribution >= 4 is 33.2 Å². The largest absolute Gasteiger partial charge is 0.491 e. The number of nitrogens with zero attached hydrogens (tertiary/aromatic N) is 1. The third kappa shape index (κ3) is 6.42. The molecule has 0 saturated heterocycles. The van der Waals surface area contributed by atoms with Gasteiger partial charge in [-0.3, -0.25) is 9.52 Å². The van der Waals surface area contributed by atoms with Crippen LogP contribution in [0.3, 0.4) is 0 Å². The van der Waals surface area contributed by atoms with Crippen molar-refractivity contribution < 1.29 is 17.9 Å². The van der Waals surface area contributed by atoms with Crippen molar-refractivity contribution in [3.8, 4) is 5.75 Å². The number of benzene rings is 2. The highest BCUT2D eigenvalue weighted by atomic mass is 35.5. The van der Waals surface area contributed by atoms with E-state index in [-0.39, 0.29) is 12.1 Å². The predicted octanol–water partition coefficient (Wildman–Crippen LogP) is 4.09. The molecule has 28 heavy (non-hydrogen) atoms. The minimum absolute atomic E-state index is 0.0252. The Hall–Kier alpha value is -2.25. The van der Waals surface area contributed by atoms with Crippen LogP contribution in [-0.4, -0.2) is 38.1 Å². The lowest BCUT2D eigenvalue weighted by atomic mass is 10.1. The topological polar surface area (TPSA) is 75.7 Å². The summed E-state index contributed by atoms with van der Waals surface area (Å²) < 4.78 is 32.7. The van der Waals surface area contributed by atoms with Gasteiger partial charge < -0.3 is 9.64 Å². The van der Waals surface area contributed by atoms with Crippen LogP contribution in [0.1, 0.15) is 32.4 Å². The van der Waals surface area contributed by atoms with Gasteiger partial charge in [-0.05, 0) is 62.7 Å². The summed E-state index contributed by atoms with van der Waals surface area (Å²) in [6.07, 6.45) is 0.0252. The third-order valence-corrected chi connectivity index (χ3v) is 5.53. The Labute approximate surface area is 171 Å². The van der Waals surface area contributed by atoms with Gasteiger partial charge in [0.25, 0.3) is 0 Å². The highest BCUT2D eigenvalue weighted by Crippen LogP contribution is 2.22. The lowest BCUT2D eigenvalue weighted by Crippen LogP contribution is -2.36. The molecule has 0 bridgehead atoms. The molecule has 8 heteroatoms. The van der Waals surface area contributed by atoms with Gasteiger partial charge in [-0.25, -0.2) is 8.42 Å². The first-order valence-corrected chi connectivity index (χ1v) is 10.9. The summed E-state index contributed by atoms with van der Waals surface area (Å²) in [5.74, 6) is -0.526. The third-order valence-electron chi connectivity index (χ3n) is 4.12. The monoisotopic (exact) mass is 424 g/mol. The second-order valence-corrected chi connectivity index (χ2v) is 8.95. The zero-order valence-corrected chi connectivity index (χ0v) is 17.9. The maximum absolute atomic E-state index is 12.5. The Kier molecular flexibility index (Phi) is 7.32. The molecule has 1 N–H and O–H groups in total. The fourth-order valence-corrected chi connectivity index (χ4v) is 3.85. The molecule has 0 fully saturated rings. The maximum atomic E-state index is 12.5. The van der Waals surface area contributed by atoms with Crippen molar-refractivity contribution in [3.05, 3.63) is 59.1 Å². The Morgan fingerprint density at radius 1 is 1.14 bits per heavy atom. The predicted molar refractivity (Wildman–Crippen MR) is 112 cm³/mol. The number of anilines is 1. The molecule has 0 heterocycles. The van der Waals surface area contributed by atoms with Gasteiger partial charge in [0.1, 0.15) is 11.5 Å². The van der Waals surface area contributed by atoms with Gasteiger partial charge in [-0.1, -0.05) is 23.7 Å². The standard InChI is InChI=1S/C20H25ClN2O4S/c1-14(2)27-19-10-8-18(9-11-19)22-28(25,26)13-20(24)23(4)15(3)16-6-5-7-17(21)12-16/h5-12,14-15,22H,13H2,1-4H3. The number of hydrogen-bond donors (Lipinski definition) is 1. The Morgan fingerprint density at radius 2 is 1.79 bits per heavy atom. The van der Waals surface area contributed by atoms with E-state index >= 15 is 0 Å². The van der Waals surface area contributed by atoms with E-state index in [2.05, 4.69) is 4.72 Å². The van der Waals surface area contributed by atoms with Crippen molar-refractivity contribution in [2.45, 2.75) is 32.9 Å². The summed E-state index contributed by atoms with van der Waals surface area (Å²) in [4.78, 5) is 13.9. The first-order chi connectivity index (χ1) is 13.1. The summed E-state index contributed by atoms with van der Waals surface area (Å²) in [6, 6.07) is 13.4. The summed E-state index contributed by atoms with van der Waals surface area (Å²) in [7, 11) is -2.28. The fourth-order valence-electron chi connectivity index (χ4n) is 2.56. The number of amides is 1. The molecule has 0 spiro atoms. The van der Waals surface area contributed by atoms with E-state index in [1.54, 1.807) is 49.5 Å². The minimum atomic E-state index is -3.85. The van der Waals surface area contributed by atoms with Crippen LogP contribution in [0, 0.1) is 0 Å². The lowest BCUT2D eigenvalue weighted by Gasteiger charge is -2.25. The van der Waals surface area contributed by atoms with Gasteiger partial charge >= 0.3 is 0 Å². The lowest BCUT2D eigenvalue weighted by molar-refractivity contribution is -0.129. The van der Waals surface area contributed by atoms with E-state index in [0.717, 1.165) is 5.56 Å². The first-order valence-electron chi connectivity index (χ1n) is 8.86. The number of nitrogens with one attached hydrogen (secondary N) is 1. The molecule has 2 rings (SSSR count). The number of carbonyl (C=O) groups excluding carboxylic acids is 1. The summed E-state index contributed by atoms with van der Waals surface area (Å²) in [6.45, 7) is 5.63. The molecular weight excluding hydrogens is 400 g/mol. The van der Waals surface area contributed by atoms with Crippen LogP contribution in [0.2, 0.25) is 5.02 Å². The minimum Gasteiger partial charge on any atom is -0.491 e.